The lowest BCUT2D eigenvalue weighted by Gasteiger charge is -2.15. The molecule has 1 heterocycles. The molecule has 96 valence electrons. The number of carbonyl (C=O) groups is 1. The van der Waals surface area contributed by atoms with Crippen molar-refractivity contribution in [1.82, 2.24) is 4.90 Å². The number of nitro groups is 1. The second kappa shape index (κ2) is 4.73. The van der Waals surface area contributed by atoms with Crippen LogP contribution in [0.1, 0.15) is 17.3 Å². The summed E-state index contributed by atoms with van der Waals surface area (Å²) in [6, 6.07) is 5.76. The minimum absolute atomic E-state index is 0.0207. The predicted molar refractivity (Wildman–Crippen MR) is 66.1 cm³/mol. The highest BCUT2D eigenvalue weighted by Gasteiger charge is 2.30. The van der Waals surface area contributed by atoms with Crippen LogP contribution in [0.4, 0.5) is 5.69 Å². The van der Waals surface area contributed by atoms with Crippen molar-refractivity contribution in [3.05, 3.63) is 39.9 Å². The van der Waals surface area contributed by atoms with Gasteiger partial charge < -0.3 is 10.6 Å². The van der Waals surface area contributed by atoms with E-state index in [-0.39, 0.29) is 23.6 Å². The van der Waals surface area contributed by atoms with Crippen molar-refractivity contribution in [2.24, 2.45) is 11.7 Å². The van der Waals surface area contributed by atoms with Crippen molar-refractivity contribution in [3.63, 3.8) is 0 Å². The number of hydrogen-bond acceptors (Lipinski definition) is 4. The van der Waals surface area contributed by atoms with Gasteiger partial charge in [-0.15, -0.1) is 0 Å². The monoisotopic (exact) mass is 249 g/mol. The molecule has 1 saturated heterocycles. The van der Waals surface area contributed by atoms with Gasteiger partial charge in [-0.1, -0.05) is 13.0 Å². The largest absolute Gasteiger partial charge is 0.337 e. The number of carbonyl (C=O) groups excluding carboxylic acids is 1. The van der Waals surface area contributed by atoms with Crippen LogP contribution in [0.3, 0.4) is 0 Å². The third-order valence-corrected chi connectivity index (χ3v) is 3.26. The standard InChI is InChI=1S/C12H15N3O3/c1-8-6-14(7-11(8)13)12(16)9-3-2-4-10(5-9)15(17)18/h2-5,8,11H,6-7,13H2,1H3. The van der Waals surface area contributed by atoms with Gasteiger partial charge in [0.05, 0.1) is 4.92 Å². The van der Waals surface area contributed by atoms with Crippen LogP contribution in [0, 0.1) is 16.0 Å². The van der Waals surface area contributed by atoms with E-state index in [1.54, 1.807) is 11.0 Å². The molecule has 1 aliphatic rings. The third kappa shape index (κ3) is 2.33. The third-order valence-electron chi connectivity index (χ3n) is 3.26. The molecule has 6 heteroatoms. The highest BCUT2D eigenvalue weighted by atomic mass is 16.6. The van der Waals surface area contributed by atoms with Crippen molar-refractivity contribution in [1.29, 1.82) is 0 Å². The number of hydrogen-bond donors (Lipinski definition) is 1. The number of likely N-dealkylation sites (tertiary alicyclic amines) is 1. The SMILES string of the molecule is CC1CN(C(=O)c2cccc([N+](=O)[O-])c2)CC1N. The van der Waals surface area contributed by atoms with Gasteiger partial charge in [0.25, 0.3) is 11.6 Å². The maximum Gasteiger partial charge on any atom is 0.270 e. The predicted octanol–water partition coefficient (Wildman–Crippen LogP) is 1.01. The van der Waals surface area contributed by atoms with E-state index >= 15 is 0 Å². The minimum atomic E-state index is -0.505. The normalized spacial score (nSPS) is 23.1. The van der Waals surface area contributed by atoms with Gasteiger partial charge in [0.1, 0.15) is 0 Å². The number of benzene rings is 1. The van der Waals surface area contributed by atoms with E-state index in [4.69, 9.17) is 5.73 Å². The number of nitro benzene ring substituents is 1. The summed E-state index contributed by atoms with van der Waals surface area (Å²) in [4.78, 5) is 24.0. The Balaban J connectivity index is 2.19. The van der Waals surface area contributed by atoms with Crippen LogP contribution >= 0.6 is 0 Å². The highest BCUT2D eigenvalue weighted by Crippen LogP contribution is 2.19. The van der Waals surface area contributed by atoms with Crippen molar-refractivity contribution in [2.45, 2.75) is 13.0 Å². The fourth-order valence-corrected chi connectivity index (χ4v) is 2.09. The average molecular weight is 249 g/mol. The van der Waals surface area contributed by atoms with Gasteiger partial charge in [0.15, 0.2) is 0 Å². The smallest absolute Gasteiger partial charge is 0.270 e. The Bertz CT molecular complexity index is 479. The van der Waals surface area contributed by atoms with Crippen LogP contribution in [0.25, 0.3) is 0 Å². The molecule has 0 aromatic heterocycles. The maximum atomic E-state index is 12.2. The van der Waals surface area contributed by atoms with E-state index in [2.05, 4.69) is 0 Å². The summed E-state index contributed by atoms with van der Waals surface area (Å²) in [6.07, 6.45) is 0. The molecule has 1 aliphatic heterocycles. The van der Waals surface area contributed by atoms with Crippen LogP contribution in [-0.4, -0.2) is 34.9 Å². The van der Waals surface area contributed by atoms with E-state index in [1.165, 1.54) is 18.2 Å². The zero-order chi connectivity index (χ0) is 13.3. The zero-order valence-corrected chi connectivity index (χ0v) is 10.1. The van der Waals surface area contributed by atoms with E-state index < -0.39 is 4.92 Å². The van der Waals surface area contributed by atoms with Crippen molar-refractivity contribution < 1.29 is 9.72 Å². The Morgan fingerprint density at radius 2 is 2.22 bits per heavy atom. The molecular weight excluding hydrogens is 234 g/mol. The molecular formula is C12H15N3O3. The minimum Gasteiger partial charge on any atom is -0.337 e. The van der Waals surface area contributed by atoms with E-state index in [0.717, 1.165) is 0 Å². The number of amides is 1. The molecule has 0 saturated carbocycles. The quantitative estimate of drug-likeness (QED) is 0.625. The van der Waals surface area contributed by atoms with Gasteiger partial charge in [0.2, 0.25) is 0 Å². The molecule has 6 nitrogen and oxygen atoms in total. The lowest BCUT2D eigenvalue weighted by Crippen LogP contribution is -2.32. The number of rotatable bonds is 2. The molecule has 0 radical (unpaired) electrons. The summed E-state index contributed by atoms with van der Waals surface area (Å²) in [5.41, 5.74) is 6.13. The first-order valence-electron chi connectivity index (χ1n) is 5.78. The Hall–Kier alpha value is -1.95. The first-order chi connectivity index (χ1) is 8.49. The first kappa shape index (κ1) is 12.5. The van der Waals surface area contributed by atoms with E-state index in [0.29, 0.717) is 18.7 Å². The molecule has 1 aromatic carbocycles. The molecule has 0 spiro atoms. The molecule has 0 bridgehead atoms. The maximum absolute atomic E-state index is 12.2. The second-order valence-electron chi connectivity index (χ2n) is 4.66. The lowest BCUT2D eigenvalue weighted by molar-refractivity contribution is -0.384. The van der Waals surface area contributed by atoms with Gasteiger partial charge in [-0.3, -0.25) is 14.9 Å². The van der Waals surface area contributed by atoms with Crippen LogP contribution in [0.15, 0.2) is 24.3 Å². The molecule has 2 rings (SSSR count). The van der Waals surface area contributed by atoms with Crippen LogP contribution in [0.5, 0.6) is 0 Å². The lowest BCUT2D eigenvalue weighted by atomic mass is 10.1. The second-order valence-corrected chi connectivity index (χ2v) is 4.66. The van der Waals surface area contributed by atoms with Gasteiger partial charge >= 0.3 is 0 Å². The fraction of sp³-hybridized carbons (Fsp3) is 0.417. The Morgan fingerprint density at radius 1 is 1.50 bits per heavy atom. The molecule has 1 fully saturated rings. The van der Waals surface area contributed by atoms with Gasteiger partial charge in [0, 0.05) is 36.8 Å². The van der Waals surface area contributed by atoms with Crippen molar-refractivity contribution in [2.75, 3.05) is 13.1 Å². The van der Waals surface area contributed by atoms with Crippen LogP contribution in [0.2, 0.25) is 0 Å². The van der Waals surface area contributed by atoms with E-state index in [9.17, 15) is 14.9 Å². The molecule has 1 aromatic rings. The molecule has 2 unspecified atom stereocenters. The number of non-ortho nitro benzene ring substituents is 1. The van der Waals surface area contributed by atoms with Gasteiger partial charge in [-0.25, -0.2) is 0 Å². The Morgan fingerprint density at radius 3 is 2.78 bits per heavy atom. The summed E-state index contributed by atoms with van der Waals surface area (Å²) in [5.74, 6) is 0.0612. The Kier molecular flexibility index (Phi) is 3.29. The highest BCUT2D eigenvalue weighted by molar-refractivity contribution is 5.95. The first-order valence-corrected chi connectivity index (χ1v) is 5.78. The topological polar surface area (TPSA) is 89.5 Å². The number of nitrogens with zero attached hydrogens (tertiary/aromatic N) is 2. The van der Waals surface area contributed by atoms with Gasteiger partial charge in [-0.2, -0.15) is 0 Å². The van der Waals surface area contributed by atoms with Gasteiger partial charge in [-0.05, 0) is 12.0 Å². The van der Waals surface area contributed by atoms with E-state index in [1.807, 2.05) is 6.92 Å². The van der Waals surface area contributed by atoms with Crippen LogP contribution in [-0.2, 0) is 0 Å². The molecule has 2 atom stereocenters. The fourth-order valence-electron chi connectivity index (χ4n) is 2.09. The molecule has 18 heavy (non-hydrogen) atoms. The summed E-state index contributed by atoms with van der Waals surface area (Å²) in [7, 11) is 0. The molecule has 2 N–H and O–H groups in total. The summed E-state index contributed by atoms with van der Waals surface area (Å²) in [5, 5.41) is 10.7. The number of nitrogens with two attached hydrogens (primary N) is 1. The van der Waals surface area contributed by atoms with Crippen molar-refractivity contribution >= 4 is 11.6 Å². The molecule has 0 aliphatic carbocycles. The molecule has 1 amide bonds. The average Bonchev–Trinajstić information content (AvgIpc) is 2.69. The zero-order valence-electron chi connectivity index (χ0n) is 10.1. The summed E-state index contributed by atoms with van der Waals surface area (Å²) in [6.45, 7) is 3.09. The summed E-state index contributed by atoms with van der Waals surface area (Å²) >= 11 is 0. The van der Waals surface area contributed by atoms with Crippen LogP contribution < -0.4 is 5.73 Å². The summed E-state index contributed by atoms with van der Waals surface area (Å²) < 4.78 is 0. The van der Waals surface area contributed by atoms with Crippen molar-refractivity contribution in [3.8, 4) is 0 Å². The Labute approximate surface area is 105 Å².